The zero-order chi connectivity index (χ0) is 12.1. The van der Waals surface area contributed by atoms with Crippen molar-refractivity contribution < 1.29 is 4.79 Å². The number of aromatic nitrogens is 2. The number of hydrogen-bond acceptors (Lipinski definition) is 2. The summed E-state index contributed by atoms with van der Waals surface area (Å²) in [6.45, 7) is 0.722. The molecule has 1 aliphatic rings. The van der Waals surface area contributed by atoms with Crippen LogP contribution in [-0.4, -0.2) is 22.2 Å². The van der Waals surface area contributed by atoms with Crippen LogP contribution in [0.1, 0.15) is 42.5 Å². The second-order valence-electron chi connectivity index (χ2n) is 4.52. The highest BCUT2D eigenvalue weighted by Crippen LogP contribution is 2.19. The number of nitrogens with zero attached hydrogens (tertiary/aromatic N) is 2. The third kappa shape index (κ3) is 3.44. The molecule has 0 saturated heterocycles. The molecule has 17 heavy (non-hydrogen) atoms. The molecule has 0 atom stereocenters. The topological polar surface area (TPSA) is 46.9 Å². The molecule has 1 amide bonds. The van der Waals surface area contributed by atoms with Gasteiger partial charge < -0.3 is 5.32 Å². The van der Waals surface area contributed by atoms with E-state index in [0.29, 0.717) is 5.56 Å². The number of aryl methyl sites for hydroxylation is 1. The number of carbonyl (C=O) groups excluding carboxylic acids is 1. The predicted octanol–water partition coefficient (Wildman–Crippen LogP) is 2.04. The number of rotatable bonds is 4. The van der Waals surface area contributed by atoms with Crippen LogP contribution in [0.4, 0.5) is 0 Å². The predicted molar refractivity (Wildman–Crippen MR) is 66.7 cm³/mol. The molecular formula is C13H19N3O. The third-order valence-electron chi connectivity index (χ3n) is 3.08. The molecular weight excluding hydrogens is 214 g/mol. The van der Waals surface area contributed by atoms with Crippen molar-refractivity contribution in [2.75, 3.05) is 6.54 Å². The first-order valence-corrected chi connectivity index (χ1v) is 6.20. The van der Waals surface area contributed by atoms with Gasteiger partial charge in [-0.1, -0.05) is 11.6 Å². The quantitative estimate of drug-likeness (QED) is 0.809. The lowest BCUT2D eigenvalue weighted by atomic mass is 9.97. The van der Waals surface area contributed by atoms with Crippen LogP contribution in [0.5, 0.6) is 0 Å². The number of amides is 1. The van der Waals surface area contributed by atoms with Gasteiger partial charge >= 0.3 is 0 Å². The van der Waals surface area contributed by atoms with Gasteiger partial charge in [-0.25, -0.2) is 0 Å². The Balaban J connectivity index is 1.75. The van der Waals surface area contributed by atoms with Gasteiger partial charge in [0.15, 0.2) is 0 Å². The molecule has 1 aliphatic carbocycles. The SMILES string of the molecule is Cn1cc(C(=O)NCCC2=CCCCC2)cn1. The van der Waals surface area contributed by atoms with Crippen molar-refractivity contribution in [3.05, 3.63) is 29.6 Å². The minimum absolute atomic E-state index is 0.0329. The molecule has 0 aliphatic heterocycles. The monoisotopic (exact) mass is 233 g/mol. The molecule has 0 unspecified atom stereocenters. The molecule has 4 heteroatoms. The summed E-state index contributed by atoms with van der Waals surface area (Å²) in [5, 5.41) is 6.91. The summed E-state index contributed by atoms with van der Waals surface area (Å²) in [5.41, 5.74) is 2.12. The summed E-state index contributed by atoms with van der Waals surface area (Å²) in [6.07, 6.45) is 11.6. The lowest BCUT2D eigenvalue weighted by Gasteiger charge is -2.12. The minimum Gasteiger partial charge on any atom is -0.352 e. The molecule has 1 N–H and O–H groups in total. The number of nitrogens with one attached hydrogen (secondary N) is 1. The summed E-state index contributed by atoms with van der Waals surface area (Å²) in [7, 11) is 1.81. The van der Waals surface area contributed by atoms with Gasteiger partial charge in [0.25, 0.3) is 5.91 Å². The Bertz CT molecular complexity index is 420. The van der Waals surface area contributed by atoms with Crippen LogP contribution in [0, 0.1) is 0 Å². The van der Waals surface area contributed by atoms with E-state index in [-0.39, 0.29) is 5.91 Å². The molecule has 4 nitrogen and oxygen atoms in total. The van der Waals surface area contributed by atoms with Crippen molar-refractivity contribution in [2.45, 2.75) is 32.1 Å². The molecule has 0 spiro atoms. The molecule has 1 heterocycles. The molecule has 92 valence electrons. The highest BCUT2D eigenvalue weighted by molar-refractivity contribution is 5.93. The molecule has 0 fully saturated rings. The maximum atomic E-state index is 11.7. The fraction of sp³-hybridized carbons (Fsp3) is 0.538. The molecule has 2 rings (SSSR count). The van der Waals surface area contributed by atoms with E-state index in [1.807, 2.05) is 7.05 Å². The lowest BCUT2D eigenvalue weighted by molar-refractivity contribution is 0.0954. The summed E-state index contributed by atoms with van der Waals surface area (Å²) in [6, 6.07) is 0. The summed E-state index contributed by atoms with van der Waals surface area (Å²) in [5.74, 6) is -0.0329. The second-order valence-corrected chi connectivity index (χ2v) is 4.52. The zero-order valence-electron chi connectivity index (χ0n) is 10.3. The van der Waals surface area contributed by atoms with Gasteiger partial charge in [0, 0.05) is 19.8 Å². The normalized spacial score (nSPS) is 15.5. The number of carbonyl (C=O) groups is 1. The number of hydrogen-bond donors (Lipinski definition) is 1. The molecule has 0 saturated carbocycles. The Morgan fingerprint density at radius 3 is 3.06 bits per heavy atom. The van der Waals surface area contributed by atoms with Crippen molar-refractivity contribution in [2.24, 2.45) is 7.05 Å². The van der Waals surface area contributed by atoms with Gasteiger partial charge in [-0.2, -0.15) is 5.10 Å². The molecule has 0 bridgehead atoms. The Morgan fingerprint density at radius 1 is 1.53 bits per heavy atom. The second kappa shape index (κ2) is 5.66. The van der Waals surface area contributed by atoms with E-state index in [1.54, 1.807) is 17.1 Å². The van der Waals surface area contributed by atoms with Crippen molar-refractivity contribution in [3.8, 4) is 0 Å². The Hall–Kier alpha value is -1.58. The van der Waals surface area contributed by atoms with Gasteiger partial charge in [0.1, 0.15) is 0 Å². The van der Waals surface area contributed by atoms with Crippen LogP contribution in [0.15, 0.2) is 24.0 Å². The average Bonchev–Trinajstić information content (AvgIpc) is 2.77. The van der Waals surface area contributed by atoms with Crippen LogP contribution in [0.3, 0.4) is 0 Å². The van der Waals surface area contributed by atoms with Crippen molar-refractivity contribution in [1.82, 2.24) is 15.1 Å². The highest BCUT2D eigenvalue weighted by atomic mass is 16.1. The van der Waals surface area contributed by atoms with E-state index in [1.165, 1.54) is 31.3 Å². The summed E-state index contributed by atoms with van der Waals surface area (Å²) in [4.78, 5) is 11.7. The fourth-order valence-corrected chi connectivity index (χ4v) is 2.11. The van der Waals surface area contributed by atoms with Crippen LogP contribution in [0.2, 0.25) is 0 Å². The van der Waals surface area contributed by atoms with Crippen LogP contribution < -0.4 is 5.32 Å². The Labute approximate surface area is 102 Å². The largest absolute Gasteiger partial charge is 0.352 e. The Morgan fingerprint density at radius 2 is 2.41 bits per heavy atom. The van der Waals surface area contributed by atoms with Crippen LogP contribution in [0.25, 0.3) is 0 Å². The average molecular weight is 233 g/mol. The van der Waals surface area contributed by atoms with E-state index >= 15 is 0 Å². The van der Waals surface area contributed by atoms with Crippen molar-refractivity contribution >= 4 is 5.91 Å². The minimum atomic E-state index is -0.0329. The van der Waals surface area contributed by atoms with Crippen LogP contribution in [-0.2, 0) is 7.05 Å². The Kier molecular flexibility index (Phi) is 3.96. The molecule has 0 aromatic carbocycles. The maximum Gasteiger partial charge on any atom is 0.254 e. The van der Waals surface area contributed by atoms with Gasteiger partial charge in [0.05, 0.1) is 11.8 Å². The van der Waals surface area contributed by atoms with E-state index in [4.69, 9.17) is 0 Å². The smallest absolute Gasteiger partial charge is 0.254 e. The highest BCUT2D eigenvalue weighted by Gasteiger charge is 2.08. The van der Waals surface area contributed by atoms with Crippen molar-refractivity contribution in [3.63, 3.8) is 0 Å². The lowest BCUT2D eigenvalue weighted by Crippen LogP contribution is -2.24. The first-order chi connectivity index (χ1) is 8.25. The fourth-order valence-electron chi connectivity index (χ4n) is 2.11. The summed E-state index contributed by atoms with van der Waals surface area (Å²) < 4.78 is 1.64. The molecule has 1 aromatic rings. The first-order valence-electron chi connectivity index (χ1n) is 6.20. The molecule has 0 radical (unpaired) electrons. The van der Waals surface area contributed by atoms with Gasteiger partial charge in [-0.3, -0.25) is 9.48 Å². The van der Waals surface area contributed by atoms with Gasteiger partial charge in [0.2, 0.25) is 0 Å². The van der Waals surface area contributed by atoms with Crippen LogP contribution >= 0.6 is 0 Å². The van der Waals surface area contributed by atoms with Gasteiger partial charge in [-0.05, 0) is 32.1 Å². The first kappa shape index (κ1) is 11.9. The van der Waals surface area contributed by atoms with E-state index in [0.717, 1.165) is 13.0 Å². The van der Waals surface area contributed by atoms with Crippen molar-refractivity contribution in [1.29, 1.82) is 0 Å². The van der Waals surface area contributed by atoms with Gasteiger partial charge in [-0.15, -0.1) is 0 Å². The van der Waals surface area contributed by atoms with E-state index in [9.17, 15) is 4.79 Å². The van der Waals surface area contributed by atoms with E-state index in [2.05, 4.69) is 16.5 Å². The number of allylic oxidation sites excluding steroid dienone is 1. The third-order valence-corrected chi connectivity index (χ3v) is 3.08. The molecule has 1 aromatic heterocycles. The zero-order valence-corrected chi connectivity index (χ0v) is 10.3. The maximum absolute atomic E-state index is 11.7. The van der Waals surface area contributed by atoms with E-state index < -0.39 is 0 Å². The summed E-state index contributed by atoms with van der Waals surface area (Å²) >= 11 is 0. The standard InChI is InChI=1S/C13H19N3O/c1-16-10-12(9-15-16)13(17)14-8-7-11-5-3-2-4-6-11/h5,9-10H,2-4,6-8H2,1H3,(H,14,17).